The number of aryl methyl sites for hydroxylation is 2. The smallest absolute Gasteiger partial charge is 0.185 e. The van der Waals surface area contributed by atoms with Gasteiger partial charge in [-0.15, -0.1) is 11.3 Å². The Hall–Kier alpha value is -0.680. The summed E-state index contributed by atoms with van der Waals surface area (Å²) in [4.78, 5) is 8.36. The number of hydrogen-bond acceptors (Lipinski definition) is 4. The Morgan fingerprint density at radius 3 is 2.64 bits per heavy atom. The van der Waals surface area contributed by atoms with Gasteiger partial charge in [-0.25, -0.2) is 4.98 Å². The van der Waals surface area contributed by atoms with E-state index in [0.717, 1.165) is 23.8 Å². The highest BCUT2D eigenvalue weighted by atomic mass is 32.1. The molecule has 3 nitrogen and oxygen atoms in total. The van der Waals surface area contributed by atoms with Crippen LogP contribution in [0.3, 0.4) is 0 Å². The monoisotopic (exact) mass is 229 g/mol. The summed E-state index contributed by atoms with van der Waals surface area (Å²) in [6.07, 6.45) is 0.740. The Morgan fingerprint density at radius 2 is 2.21 bits per heavy atom. The number of rotatable bonds is 4. The molecule has 5 heteroatoms. The van der Waals surface area contributed by atoms with Crippen LogP contribution in [0.2, 0.25) is 0 Å². The average Bonchev–Trinajstić information content (AvgIpc) is 2.43. The first-order chi connectivity index (χ1) is 6.50. The van der Waals surface area contributed by atoms with Gasteiger partial charge in [0.05, 0.1) is 10.7 Å². The molecule has 0 aliphatic heterocycles. The molecule has 0 bridgehead atoms. The van der Waals surface area contributed by atoms with Gasteiger partial charge in [-0.2, -0.15) is 0 Å². The van der Waals surface area contributed by atoms with Crippen molar-refractivity contribution < 1.29 is 0 Å². The number of nitrogens with two attached hydrogens (primary N) is 1. The van der Waals surface area contributed by atoms with Crippen molar-refractivity contribution in [2.45, 2.75) is 20.3 Å². The van der Waals surface area contributed by atoms with Crippen LogP contribution in [0.5, 0.6) is 0 Å². The molecule has 0 saturated heterocycles. The lowest BCUT2D eigenvalue weighted by atomic mass is 10.4. The molecule has 0 atom stereocenters. The van der Waals surface area contributed by atoms with Crippen LogP contribution in [0, 0.1) is 13.8 Å². The van der Waals surface area contributed by atoms with Gasteiger partial charge in [-0.3, -0.25) is 0 Å². The van der Waals surface area contributed by atoms with E-state index in [0.29, 0.717) is 4.99 Å². The molecule has 0 aliphatic carbocycles. The van der Waals surface area contributed by atoms with Crippen LogP contribution >= 0.6 is 23.6 Å². The Bertz CT molecular complexity index is 313. The van der Waals surface area contributed by atoms with Crippen molar-refractivity contribution in [3.63, 3.8) is 0 Å². The minimum Gasteiger partial charge on any atom is -0.393 e. The van der Waals surface area contributed by atoms with E-state index < -0.39 is 0 Å². The Labute approximate surface area is 93.9 Å². The van der Waals surface area contributed by atoms with E-state index in [2.05, 4.69) is 16.8 Å². The maximum atomic E-state index is 5.44. The third kappa shape index (κ3) is 2.92. The predicted molar refractivity (Wildman–Crippen MR) is 66.3 cm³/mol. The SMILES string of the molecule is Cc1nc(N(C)CCC(N)=S)sc1C. The fourth-order valence-electron chi connectivity index (χ4n) is 0.993. The normalized spacial score (nSPS) is 10.2. The van der Waals surface area contributed by atoms with Gasteiger partial charge in [0.15, 0.2) is 5.13 Å². The largest absolute Gasteiger partial charge is 0.393 e. The molecule has 2 N–H and O–H groups in total. The molecular formula is C9H15N3S2. The van der Waals surface area contributed by atoms with Crippen molar-refractivity contribution in [3.05, 3.63) is 10.6 Å². The topological polar surface area (TPSA) is 42.2 Å². The van der Waals surface area contributed by atoms with Gasteiger partial charge in [-0.05, 0) is 13.8 Å². The third-order valence-electron chi connectivity index (χ3n) is 2.04. The van der Waals surface area contributed by atoms with Gasteiger partial charge in [0.2, 0.25) is 0 Å². The van der Waals surface area contributed by atoms with Gasteiger partial charge in [0.1, 0.15) is 0 Å². The van der Waals surface area contributed by atoms with Crippen LogP contribution in [-0.4, -0.2) is 23.6 Å². The van der Waals surface area contributed by atoms with E-state index in [1.165, 1.54) is 4.88 Å². The lowest BCUT2D eigenvalue weighted by Gasteiger charge is -2.14. The van der Waals surface area contributed by atoms with Crippen molar-refractivity contribution in [1.29, 1.82) is 0 Å². The van der Waals surface area contributed by atoms with E-state index >= 15 is 0 Å². The molecule has 1 aromatic heterocycles. The first-order valence-corrected chi connectivity index (χ1v) is 5.66. The summed E-state index contributed by atoms with van der Waals surface area (Å²) in [7, 11) is 2.01. The van der Waals surface area contributed by atoms with Gasteiger partial charge >= 0.3 is 0 Å². The van der Waals surface area contributed by atoms with Crippen LogP contribution in [0.4, 0.5) is 5.13 Å². The fraction of sp³-hybridized carbons (Fsp3) is 0.556. The second-order valence-electron chi connectivity index (χ2n) is 3.28. The number of thiocarbonyl (C=S) groups is 1. The number of nitrogens with zero attached hydrogens (tertiary/aromatic N) is 2. The van der Waals surface area contributed by atoms with Crippen molar-refractivity contribution in [1.82, 2.24) is 4.98 Å². The highest BCUT2D eigenvalue weighted by molar-refractivity contribution is 7.80. The lowest BCUT2D eigenvalue weighted by Crippen LogP contribution is -2.23. The van der Waals surface area contributed by atoms with Crippen LogP contribution in [0.15, 0.2) is 0 Å². The van der Waals surface area contributed by atoms with Crippen LogP contribution in [0.25, 0.3) is 0 Å². The second-order valence-corrected chi connectivity index (χ2v) is 4.98. The maximum absolute atomic E-state index is 5.44. The summed E-state index contributed by atoms with van der Waals surface area (Å²) in [6.45, 7) is 4.94. The summed E-state index contributed by atoms with van der Waals surface area (Å²) < 4.78 is 0. The molecule has 1 rings (SSSR count). The summed E-state index contributed by atoms with van der Waals surface area (Å²) in [6, 6.07) is 0. The van der Waals surface area contributed by atoms with E-state index in [1.807, 2.05) is 14.0 Å². The van der Waals surface area contributed by atoms with Crippen molar-refractivity contribution in [2.24, 2.45) is 5.73 Å². The highest BCUT2D eigenvalue weighted by Gasteiger charge is 2.07. The minimum atomic E-state index is 0.557. The summed E-state index contributed by atoms with van der Waals surface area (Å²) in [5.41, 5.74) is 6.55. The number of aromatic nitrogens is 1. The van der Waals surface area contributed by atoms with Crippen molar-refractivity contribution in [3.8, 4) is 0 Å². The van der Waals surface area contributed by atoms with E-state index in [1.54, 1.807) is 11.3 Å². The molecule has 14 heavy (non-hydrogen) atoms. The molecule has 1 aromatic rings. The number of anilines is 1. The first kappa shape index (κ1) is 11.4. The number of hydrogen-bond donors (Lipinski definition) is 1. The Balaban J connectivity index is 2.60. The standard InChI is InChI=1S/C9H15N3S2/c1-6-7(2)14-9(11-6)12(3)5-4-8(10)13/h4-5H2,1-3H3,(H2,10,13). The van der Waals surface area contributed by atoms with Gasteiger partial charge in [0, 0.05) is 24.9 Å². The van der Waals surface area contributed by atoms with Crippen LogP contribution < -0.4 is 10.6 Å². The summed E-state index contributed by atoms with van der Waals surface area (Å²) in [5.74, 6) is 0. The lowest BCUT2D eigenvalue weighted by molar-refractivity contribution is 0.910. The third-order valence-corrected chi connectivity index (χ3v) is 3.43. The van der Waals surface area contributed by atoms with E-state index in [-0.39, 0.29) is 0 Å². The predicted octanol–water partition coefficient (Wildman–Crippen LogP) is 1.87. The van der Waals surface area contributed by atoms with E-state index in [4.69, 9.17) is 18.0 Å². The molecule has 0 fully saturated rings. The molecule has 78 valence electrons. The van der Waals surface area contributed by atoms with Gasteiger partial charge < -0.3 is 10.6 Å². The molecule has 0 saturated carbocycles. The van der Waals surface area contributed by atoms with Crippen molar-refractivity contribution >= 4 is 33.7 Å². The first-order valence-electron chi connectivity index (χ1n) is 4.44. The molecule has 0 aromatic carbocycles. The molecular weight excluding hydrogens is 214 g/mol. The molecule has 0 radical (unpaired) electrons. The molecule has 0 unspecified atom stereocenters. The minimum absolute atomic E-state index is 0.557. The summed E-state index contributed by atoms with van der Waals surface area (Å²) >= 11 is 6.53. The quantitative estimate of drug-likeness (QED) is 0.800. The molecule has 0 amide bonds. The molecule has 1 heterocycles. The van der Waals surface area contributed by atoms with Gasteiger partial charge in [0.25, 0.3) is 0 Å². The molecule has 0 spiro atoms. The Kier molecular flexibility index (Phi) is 3.83. The fourth-order valence-corrected chi connectivity index (χ4v) is 1.98. The maximum Gasteiger partial charge on any atom is 0.185 e. The van der Waals surface area contributed by atoms with Crippen LogP contribution in [-0.2, 0) is 0 Å². The second kappa shape index (κ2) is 4.70. The van der Waals surface area contributed by atoms with Crippen LogP contribution in [0.1, 0.15) is 17.0 Å². The summed E-state index contributed by atoms with van der Waals surface area (Å²) in [5, 5.41) is 1.04. The molecule has 0 aliphatic rings. The average molecular weight is 229 g/mol. The highest BCUT2D eigenvalue weighted by Crippen LogP contribution is 2.23. The van der Waals surface area contributed by atoms with Gasteiger partial charge in [-0.1, -0.05) is 12.2 Å². The zero-order chi connectivity index (χ0) is 10.7. The Morgan fingerprint density at radius 1 is 1.57 bits per heavy atom. The number of thiazole rings is 1. The van der Waals surface area contributed by atoms with Crippen molar-refractivity contribution in [2.75, 3.05) is 18.5 Å². The zero-order valence-electron chi connectivity index (χ0n) is 8.70. The van der Waals surface area contributed by atoms with E-state index in [9.17, 15) is 0 Å². The zero-order valence-corrected chi connectivity index (χ0v) is 10.3.